The maximum Gasteiger partial charge on any atom is 0.310 e. The highest BCUT2D eigenvalue weighted by Gasteiger charge is 2.36. The van der Waals surface area contributed by atoms with Crippen LogP contribution in [-0.2, 0) is 16.0 Å². The predicted octanol–water partition coefficient (Wildman–Crippen LogP) is 2.84. The zero-order chi connectivity index (χ0) is 14.3. The molecule has 0 aliphatic rings. The second-order valence-corrected chi connectivity index (χ2v) is 4.98. The summed E-state index contributed by atoms with van der Waals surface area (Å²) in [5, 5.41) is 9.59. The lowest BCUT2D eigenvalue weighted by Crippen LogP contribution is -2.33. The van der Waals surface area contributed by atoms with Crippen molar-refractivity contribution in [3.8, 4) is 0 Å². The molecule has 0 aliphatic carbocycles. The maximum absolute atomic E-state index is 11.7. The van der Waals surface area contributed by atoms with Gasteiger partial charge in [0.1, 0.15) is 0 Å². The van der Waals surface area contributed by atoms with Gasteiger partial charge in [-0.2, -0.15) is 0 Å². The van der Waals surface area contributed by atoms with Crippen LogP contribution < -0.4 is 0 Å². The van der Waals surface area contributed by atoms with Crippen molar-refractivity contribution in [1.82, 2.24) is 4.98 Å². The Hall–Kier alpha value is -1.42. The molecule has 0 radical (unpaired) electrons. The monoisotopic (exact) mass is 265 g/mol. The Morgan fingerprint density at radius 2 is 2.21 bits per heavy atom. The van der Waals surface area contributed by atoms with Gasteiger partial charge in [-0.05, 0) is 38.3 Å². The average molecular weight is 265 g/mol. The van der Waals surface area contributed by atoms with Crippen molar-refractivity contribution in [3.05, 3.63) is 29.6 Å². The molecule has 1 heterocycles. The molecule has 106 valence electrons. The van der Waals surface area contributed by atoms with Gasteiger partial charge in [-0.1, -0.05) is 13.0 Å². The normalized spacial score (nSPS) is 14.1. The number of carboxylic acids is 1. The third-order valence-corrected chi connectivity index (χ3v) is 3.60. The molecule has 4 heteroatoms. The van der Waals surface area contributed by atoms with E-state index in [2.05, 4.69) is 4.98 Å². The number of pyridine rings is 1. The number of rotatable bonds is 8. The number of carbonyl (C=O) groups is 1. The SMILES string of the molecule is CCC(CCCOC)(Cc1cccc(C)n1)C(=O)O. The number of aliphatic carboxylic acids is 1. The van der Waals surface area contributed by atoms with Gasteiger partial charge in [-0.3, -0.25) is 9.78 Å². The number of hydrogen-bond donors (Lipinski definition) is 1. The average Bonchev–Trinajstić information content (AvgIpc) is 2.37. The molecule has 0 spiro atoms. The molecule has 1 N–H and O–H groups in total. The summed E-state index contributed by atoms with van der Waals surface area (Å²) in [6, 6.07) is 5.74. The van der Waals surface area contributed by atoms with Gasteiger partial charge in [0, 0.05) is 31.5 Å². The minimum Gasteiger partial charge on any atom is -0.481 e. The zero-order valence-corrected chi connectivity index (χ0v) is 12.0. The molecule has 0 saturated heterocycles. The van der Waals surface area contributed by atoms with E-state index < -0.39 is 11.4 Å². The fraction of sp³-hybridized carbons (Fsp3) is 0.600. The van der Waals surface area contributed by atoms with Gasteiger partial charge < -0.3 is 9.84 Å². The van der Waals surface area contributed by atoms with Crippen LogP contribution in [0.4, 0.5) is 0 Å². The van der Waals surface area contributed by atoms with Gasteiger partial charge in [0.25, 0.3) is 0 Å². The molecule has 1 atom stereocenters. The van der Waals surface area contributed by atoms with Crippen molar-refractivity contribution in [3.63, 3.8) is 0 Å². The van der Waals surface area contributed by atoms with Crippen LogP contribution in [0.25, 0.3) is 0 Å². The lowest BCUT2D eigenvalue weighted by Gasteiger charge is -2.28. The van der Waals surface area contributed by atoms with Gasteiger partial charge in [0.05, 0.1) is 5.41 Å². The molecule has 4 nitrogen and oxygen atoms in total. The first-order valence-electron chi connectivity index (χ1n) is 6.69. The van der Waals surface area contributed by atoms with E-state index in [9.17, 15) is 9.90 Å². The van der Waals surface area contributed by atoms with Gasteiger partial charge in [-0.15, -0.1) is 0 Å². The van der Waals surface area contributed by atoms with Gasteiger partial charge >= 0.3 is 5.97 Å². The van der Waals surface area contributed by atoms with Crippen LogP contribution in [0.2, 0.25) is 0 Å². The number of methoxy groups -OCH3 is 1. The van der Waals surface area contributed by atoms with Crippen molar-refractivity contribution >= 4 is 5.97 Å². The van der Waals surface area contributed by atoms with E-state index in [1.54, 1.807) is 7.11 Å². The fourth-order valence-electron chi connectivity index (χ4n) is 2.32. The Labute approximate surface area is 114 Å². The number of ether oxygens (including phenoxy) is 1. The first-order chi connectivity index (χ1) is 9.04. The molecule has 1 aromatic rings. The van der Waals surface area contributed by atoms with Crippen LogP contribution in [0.5, 0.6) is 0 Å². The predicted molar refractivity (Wildman–Crippen MR) is 74.1 cm³/mol. The number of aromatic nitrogens is 1. The molecular weight excluding hydrogens is 242 g/mol. The quantitative estimate of drug-likeness (QED) is 0.734. The number of aryl methyl sites for hydroxylation is 1. The summed E-state index contributed by atoms with van der Waals surface area (Å²) in [6.45, 7) is 4.44. The highest BCUT2D eigenvalue weighted by atomic mass is 16.5. The van der Waals surface area contributed by atoms with E-state index in [1.807, 2.05) is 32.0 Å². The molecule has 0 saturated carbocycles. The number of hydrogen-bond acceptors (Lipinski definition) is 3. The first-order valence-corrected chi connectivity index (χ1v) is 6.69. The Morgan fingerprint density at radius 1 is 1.47 bits per heavy atom. The molecule has 0 amide bonds. The van der Waals surface area contributed by atoms with Crippen LogP contribution in [-0.4, -0.2) is 29.8 Å². The molecule has 0 bridgehead atoms. The molecule has 0 aliphatic heterocycles. The Kier molecular flexibility index (Phi) is 5.96. The van der Waals surface area contributed by atoms with Gasteiger partial charge in [-0.25, -0.2) is 0 Å². The molecule has 1 rings (SSSR count). The topological polar surface area (TPSA) is 59.4 Å². The van der Waals surface area contributed by atoms with E-state index in [0.29, 0.717) is 25.9 Å². The Morgan fingerprint density at radius 3 is 2.74 bits per heavy atom. The third kappa shape index (κ3) is 4.31. The maximum atomic E-state index is 11.7. The first kappa shape index (κ1) is 15.6. The van der Waals surface area contributed by atoms with E-state index in [-0.39, 0.29) is 0 Å². The lowest BCUT2D eigenvalue weighted by atomic mass is 9.76. The van der Waals surface area contributed by atoms with Crippen molar-refractivity contribution in [2.45, 2.75) is 39.5 Å². The summed E-state index contributed by atoms with van der Waals surface area (Å²) in [6.07, 6.45) is 2.44. The molecule has 0 fully saturated rings. The smallest absolute Gasteiger partial charge is 0.310 e. The molecule has 1 unspecified atom stereocenters. The van der Waals surface area contributed by atoms with Gasteiger partial charge in [0.15, 0.2) is 0 Å². The molecular formula is C15H23NO3. The largest absolute Gasteiger partial charge is 0.481 e. The summed E-state index contributed by atoms with van der Waals surface area (Å²) in [7, 11) is 1.64. The van der Waals surface area contributed by atoms with Crippen LogP contribution in [0.3, 0.4) is 0 Å². The van der Waals surface area contributed by atoms with E-state index in [1.165, 1.54) is 0 Å². The summed E-state index contributed by atoms with van der Waals surface area (Å²) >= 11 is 0. The van der Waals surface area contributed by atoms with Crippen LogP contribution in [0, 0.1) is 12.3 Å². The minimum absolute atomic E-state index is 0.476. The van der Waals surface area contributed by atoms with E-state index >= 15 is 0 Å². The number of nitrogens with zero attached hydrogens (tertiary/aromatic N) is 1. The standard InChI is InChI=1S/C15H23NO3/c1-4-15(14(17)18,9-6-10-19-3)11-13-8-5-7-12(2)16-13/h5,7-8H,4,6,9-11H2,1-3H3,(H,17,18). The summed E-state index contributed by atoms with van der Waals surface area (Å²) < 4.78 is 5.02. The lowest BCUT2D eigenvalue weighted by molar-refractivity contribution is -0.150. The Balaban J connectivity index is 2.87. The van der Waals surface area contributed by atoms with Crippen LogP contribution >= 0.6 is 0 Å². The summed E-state index contributed by atoms with van der Waals surface area (Å²) in [5.41, 5.74) is 1.03. The van der Waals surface area contributed by atoms with Crippen molar-refractivity contribution in [2.75, 3.05) is 13.7 Å². The highest BCUT2D eigenvalue weighted by molar-refractivity contribution is 5.74. The summed E-state index contributed by atoms with van der Waals surface area (Å²) in [5.74, 6) is -0.741. The van der Waals surface area contributed by atoms with Crippen LogP contribution in [0.1, 0.15) is 37.6 Å². The molecule has 1 aromatic heterocycles. The zero-order valence-electron chi connectivity index (χ0n) is 12.0. The molecule has 0 aromatic carbocycles. The van der Waals surface area contributed by atoms with Crippen molar-refractivity contribution < 1.29 is 14.6 Å². The van der Waals surface area contributed by atoms with E-state index in [0.717, 1.165) is 17.8 Å². The van der Waals surface area contributed by atoms with Crippen molar-refractivity contribution in [1.29, 1.82) is 0 Å². The Bertz CT molecular complexity index is 420. The number of carboxylic acid groups (broad SMARTS) is 1. The third-order valence-electron chi connectivity index (χ3n) is 3.60. The highest BCUT2D eigenvalue weighted by Crippen LogP contribution is 2.32. The minimum atomic E-state index is -0.741. The fourth-order valence-corrected chi connectivity index (χ4v) is 2.32. The van der Waals surface area contributed by atoms with Crippen LogP contribution in [0.15, 0.2) is 18.2 Å². The summed E-state index contributed by atoms with van der Waals surface area (Å²) in [4.78, 5) is 16.1. The van der Waals surface area contributed by atoms with Crippen molar-refractivity contribution in [2.24, 2.45) is 5.41 Å². The van der Waals surface area contributed by atoms with Gasteiger partial charge in [0.2, 0.25) is 0 Å². The van der Waals surface area contributed by atoms with E-state index in [4.69, 9.17) is 4.74 Å². The second kappa shape index (κ2) is 7.24. The molecule has 19 heavy (non-hydrogen) atoms. The second-order valence-electron chi connectivity index (χ2n) is 4.98.